The Hall–Kier alpha value is -0.0800. The molecule has 0 aliphatic heterocycles. The molecule has 0 spiro atoms. The smallest absolute Gasteiger partial charge is 0.0480 e. The van der Waals surface area contributed by atoms with Crippen LogP contribution in [-0.2, 0) is 4.74 Å². The molecule has 92 valence electrons. The zero-order valence-electron chi connectivity index (χ0n) is 11.0. The molecule has 1 unspecified atom stereocenters. The van der Waals surface area contributed by atoms with E-state index in [-0.39, 0.29) is 0 Å². The highest BCUT2D eigenvalue weighted by Gasteiger charge is 2.07. The van der Waals surface area contributed by atoms with Crippen LogP contribution < -0.4 is 5.32 Å². The van der Waals surface area contributed by atoms with Gasteiger partial charge >= 0.3 is 0 Å². The van der Waals surface area contributed by atoms with E-state index in [4.69, 9.17) is 4.74 Å². The van der Waals surface area contributed by atoms with Gasteiger partial charge in [0, 0.05) is 19.3 Å². The van der Waals surface area contributed by atoms with Gasteiger partial charge in [0.2, 0.25) is 0 Å². The Morgan fingerprint density at radius 2 is 1.80 bits per heavy atom. The molecule has 0 saturated heterocycles. The summed E-state index contributed by atoms with van der Waals surface area (Å²) in [4.78, 5) is 0. The Morgan fingerprint density at radius 1 is 1.07 bits per heavy atom. The molecular formula is C13H29NO. The van der Waals surface area contributed by atoms with Crippen molar-refractivity contribution in [3.8, 4) is 0 Å². The molecule has 1 N–H and O–H groups in total. The minimum Gasteiger partial charge on any atom is -0.382 e. The van der Waals surface area contributed by atoms with Gasteiger partial charge < -0.3 is 10.1 Å². The number of rotatable bonds is 10. The molecule has 15 heavy (non-hydrogen) atoms. The summed E-state index contributed by atoms with van der Waals surface area (Å²) in [6.45, 7) is 11.6. The first-order valence-electron chi connectivity index (χ1n) is 6.51. The second-order valence-electron chi connectivity index (χ2n) is 4.56. The molecule has 0 rings (SSSR count). The minimum atomic E-state index is 0.653. The number of hydrogen-bond acceptors (Lipinski definition) is 2. The summed E-state index contributed by atoms with van der Waals surface area (Å²) in [6.07, 6.45) is 5.12. The first-order valence-corrected chi connectivity index (χ1v) is 6.51. The van der Waals surface area contributed by atoms with Crippen molar-refractivity contribution in [3.63, 3.8) is 0 Å². The van der Waals surface area contributed by atoms with E-state index in [1.165, 1.54) is 19.3 Å². The van der Waals surface area contributed by atoms with Crippen molar-refractivity contribution < 1.29 is 4.74 Å². The van der Waals surface area contributed by atoms with Crippen molar-refractivity contribution in [2.75, 3.05) is 19.8 Å². The summed E-state index contributed by atoms with van der Waals surface area (Å²) in [5.74, 6) is 0.833. The molecule has 1 atom stereocenters. The van der Waals surface area contributed by atoms with Gasteiger partial charge in [0.25, 0.3) is 0 Å². The van der Waals surface area contributed by atoms with Crippen LogP contribution in [0.25, 0.3) is 0 Å². The van der Waals surface area contributed by atoms with E-state index in [0.717, 1.165) is 32.1 Å². The molecule has 2 nitrogen and oxygen atoms in total. The molecule has 0 amide bonds. The van der Waals surface area contributed by atoms with Gasteiger partial charge in [-0.3, -0.25) is 0 Å². The van der Waals surface area contributed by atoms with Crippen LogP contribution in [-0.4, -0.2) is 25.8 Å². The molecular weight excluding hydrogens is 186 g/mol. The summed E-state index contributed by atoms with van der Waals surface area (Å²) < 4.78 is 5.40. The number of nitrogens with one attached hydrogen (secondary N) is 1. The SMILES string of the molecule is CCNC(CCCC(C)C)CCOCC. The highest BCUT2D eigenvalue weighted by atomic mass is 16.5. The summed E-state index contributed by atoms with van der Waals surface area (Å²) in [5.41, 5.74) is 0. The van der Waals surface area contributed by atoms with Gasteiger partial charge in [-0.15, -0.1) is 0 Å². The van der Waals surface area contributed by atoms with Crippen molar-refractivity contribution in [1.29, 1.82) is 0 Å². The van der Waals surface area contributed by atoms with Crippen molar-refractivity contribution in [2.24, 2.45) is 5.92 Å². The zero-order valence-corrected chi connectivity index (χ0v) is 11.0. The second-order valence-corrected chi connectivity index (χ2v) is 4.56. The zero-order chi connectivity index (χ0) is 11.5. The van der Waals surface area contributed by atoms with E-state index in [9.17, 15) is 0 Å². The lowest BCUT2D eigenvalue weighted by Gasteiger charge is -2.18. The molecule has 2 heteroatoms. The van der Waals surface area contributed by atoms with Gasteiger partial charge in [-0.05, 0) is 32.2 Å². The topological polar surface area (TPSA) is 21.3 Å². The summed E-state index contributed by atoms with van der Waals surface area (Å²) in [5, 5.41) is 3.54. The van der Waals surface area contributed by atoms with Crippen molar-refractivity contribution >= 4 is 0 Å². The predicted octanol–water partition coefficient (Wildman–Crippen LogP) is 3.22. The summed E-state index contributed by atoms with van der Waals surface area (Å²) >= 11 is 0. The highest BCUT2D eigenvalue weighted by molar-refractivity contribution is 4.66. The van der Waals surface area contributed by atoms with Crippen LogP contribution in [0, 0.1) is 5.92 Å². The lowest BCUT2D eigenvalue weighted by molar-refractivity contribution is 0.135. The van der Waals surface area contributed by atoms with Crippen molar-refractivity contribution in [2.45, 2.75) is 59.4 Å². The van der Waals surface area contributed by atoms with Gasteiger partial charge in [-0.1, -0.05) is 33.6 Å². The lowest BCUT2D eigenvalue weighted by atomic mass is 10.0. The Balaban J connectivity index is 3.53. The Labute approximate surface area is 95.8 Å². The van der Waals surface area contributed by atoms with Crippen molar-refractivity contribution in [1.82, 2.24) is 5.32 Å². The Kier molecular flexibility index (Phi) is 10.4. The maximum absolute atomic E-state index is 5.40. The van der Waals surface area contributed by atoms with Crippen LogP contribution in [0.3, 0.4) is 0 Å². The average molecular weight is 215 g/mol. The third kappa shape index (κ3) is 10.2. The molecule has 0 aromatic heterocycles. The first kappa shape index (κ1) is 14.9. The Bertz CT molecular complexity index is 126. The molecule has 0 aromatic rings. The third-order valence-corrected chi connectivity index (χ3v) is 2.64. The second kappa shape index (κ2) is 10.4. The standard InChI is InChI=1S/C13H29NO/c1-5-14-13(10-11-15-6-2)9-7-8-12(3)4/h12-14H,5-11H2,1-4H3. The fourth-order valence-electron chi connectivity index (χ4n) is 1.78. The number of hydrogen-bond donors (Lipinski definition) is 1. The predicted molar refractivity (Wildman–Crippen MR) is 67.3 cm³/mol. The summed E-state index contributed by atoms with van der Waals surface area (Å²) in [6, 6.07) is 0.653. The highest BCUT2D eigenvalue weighted by Crippen LogP contribution is 2.10. The van der Waals surface area contributed by atoms with E-state index in [1.54, 1.807) is 0 Å². The molecule has 0 saturated carbocycles. The van der Waals surface area contributed by atoms with Crippen LogP contribution in [0.4, 0.5) is 0 Å². The molecule has 0 heterocycles. The third-order valence-electron chi connectivity index (χ3n) is 2.64. The minimum absolute atomic E-state index is 0.653. The van der Waals surface area contributed by atoms with Crippen LogP contribution >= 0.6 is 0 Å². The van der Waals surface area contributed by atoms with Crippen molar-refractivity contribution in [3.05, 3.63) is 0 Å². The quantitative estimate of drug-likeness (QED) is 0.565. The van der Waals surface area contributed by atoms with E-state index in [0.29, 0.717) is 6.04 Å². The van der Waals surface area contributed by atoms with Gasteiger partial charge in [0.05, 0.1) is 0 Å². The maximum Gasteiger partial charge on any atom is 0.0480 e. The van der Waals surface area contributed by atoms with Gasteiger partial charge in [0.1, 0.15) is 0 Å². The van der Waals surface area contributed by atoms with Gasteiger partial charge in [-0.25, -0.2) is 0 Å². The first-order chi connectivity index (χ1) is 7.20. The molecule has 0 aliphatic rings. The molecule has 0 aliphatic carbocycles. The molecule has 0 bridgehead atoms. The molecule has 0 aromatic carbocycles. The van der Waals surface area contributed by atoms with Gasteiger partial charge in [0.15, 0.2) is 0 Å². The largest absolute Gasteiger partial charge is 0.382 e. The average Bonchev–Trinajstić information content (AvgIpc) is 2.17. The van der Waals surface area contributed by atoms with E-state index >= 15 is 0 Å². The fraction of sp³-hybridized carbons (Fsp3) is 1.00. The number of ether oxygens (including phenoxy) is 1. The maximum atomic E-state index is 5.40. The summed E-state index contributed by atoms with van der Waals surface area (Å²) in [7, 11) is 0. The van der Waals surface area contributed by atoms with Gasteiger partial charge in [-0.2, -0.15) is 0 Å². The van der Waals surface area contributed by atoms with Crippen LogP contribution in [0.5, 0.6) is 0 Å². The van der Waals surface area contributed by atoms with E-state index < -0.39 is 0 Å². The monoisotopic (exact) mass is 215 g/mol. The van der Waals surface area contributed by atoms with Crippen LogP contribution in [0.15, 0.2) is 0 Å². The van der Waals surface area contributed by atoms with Crippen LogP contribution in [0.1, 0.15) is 53.4 Å². The van der Waals surface area contributed by atoms with E-state index in [1.807, 2.05) is 0 Å². The fourth-order valence-corrected chi connectivity index (χ4v) is 1.78. The lowest BCUT2D eigenvalue weighted by Crippen LogP contribution is -2.30. The van der Waals surface area contributed by atoms with Crippen LogP contribution in [0.2, 0.25) is 0 Å². The molecule has 0 radical (unpaired) electrons. The molecule has 0 fully saturated rings. The normalized spacial score (nSPS) is 13.4. The van der Waals surface area contributed by atoms with E-state index in [2.05, 4.69) is 33.0 Å². The Morgan fingerprint density at radius 3 is 2.33 bits per heavy atom.